The Bertz CT molecular complexity index is 536. The van der Waals surface area contributed by atoms with E-state index in [1.807, 2.05) is 25.1 Å². The summed E-state index contributed by atoms with van der Waals surface area (Å²) < 4.78 is 0. The minimum atomic E-state index is -0.0170. The topological polar surface area (TPSA) is 55.1 Å². The summed E-state index contributed by atoms with van der Waals surface area (Å²) >= 11 is 0. The maximum Gasteiger partial charge on any atom is 0.251 e. The molecule has 1 amide bonds. The van der Waals surface area contributed by atoms with Crippen molar-refractivity contribution in [3.8, 4) is 11.8 Å². The fraction of sp³-hybridized carbons (Fsp3) is 0.471. The Labute approximate surface area is 120 Å². The second-order valence-electron chi connectivity index (χ2n) is 5.38. The molecular weight excluding hydrogens is 248 g/mol. The summed E-state index contributed by atoms with van der Waals surface area (Å²) in [6.07, 6.45) is 5.05. The van der Waals surface area contributed by atoms with Gasteiger partial charge in [-0.05, 0) is 43.4 Å². The second-order valence-corrected chi connectivity index (χ2v) is 5.38. The molecule has 0 aliphatic heterocycles. The van der Waals surface area contributed by atoms with Crippen LogP contribution < -0.4 is 11.1 Å². The first-order valence-electron chi connectivity index (χ1n) is 7.28. The molecule has 0 bridgehead atoms. The van der Waals surface area contributed by atoms with Crippen LogP contribution in [0.3, 0.4) is 0 Å². The molecule has 0 atom stereocenters. The van der Waals surface area contributed by atoms with Crippen LogP contribution in [0.25, 0.3) is 0 Å². The quantitative estimate of drug-likeness (QED) is 0.637. The van der Waals surface area contributed by atoms with Crippen LogP contribution in [0.2, 0.25) is 0 Å². The third-order valence-electron chi connectivity index (χ3n) is 3.60. The summed E-state index contributed by atoms with van der Waals surface area (Å²) in [5.74, 6) is 6.74. The molecule has 1 aliphatic rings. The molecule has 0 unspecified atom stereocenters. The number of aryl methyl sites for hydroxylation is 1. The smallest absolute Gasteiger partial charge is 0.251 e. The van der Waals surface area contributed by atoms with E-state index in [0.717, 1.165) is 30.0 Å². The molecule has 0 radical (unpaired) electrons. The zero-order chi connectivity index (χ0) is 14.4. The number of nitrogens with two attached hydrogens (primary N) is 1. The molecule has 0 aromatic heterocycles. The highest BCUT2D eigenvalue weighted by Gasteiger charge is 2.20. The van der Waals surface area contributed by atoms with E-state index < -0.39 is 0 Å². The summed E-state index contributed by atoms with van der Waals surface area (Å²) in [6.45, 7) is 3.07. The number of nitrogens with one attached hydrogen (secondary N) is 1. The van der Waals surface area contributed by atoms with Crippen LogP contribution in [0, 0.1) is 24.7 Å². The van der Waals surface area contributed by atoms with Gasteiger partial charge in [-0.1, -0.05) is 30.7 Å². The van der Waals surface area contributed by atoms with Gasteiger partial charge in [-0.2, -0.15) is 0 Å². The Kier molecular flexibility index (Phi) is 5.20. The van der Waals surface area contributed by atoms with Gasteiger partial charge in [0.25, 0.3) is 5.91 Å². The molecule has 20 heavy (non-hydrogen) atoms. The van der Waals surface area contributed by atoms with E-state index in [-0.39, 0.29) is 5.91 Å². The van der Waals surface area contributed by atoms with Gasteiger partial charge in [-0.3, -0.25) is 4.79 Å². The van der Waals surface area contributed by atoms with E-state index in [9.17, 15) is 4.79 Å². The lowest BCUT2D eigenvalue weighted by molar-refractivity contribution is 0.0953. The van der Waals surface area contributed by atoms with Crippen LogP contribution >= 0.6 is 0 Å². The van der Waals surface area contributed by atoms with Crippen LogP contribution in [0.4, 0.5) is 0 Å². The molecule has 1 saturated carbocycles. The zero-order valence-corrected chi connectivity index (χ0v) is 12.0. The van der Waals surface area contributed by atoms with E-state index in [4.69, 9.17) is 5.73 Å². The normalized spacial score (nSPS) is 13.5. The SMILES string of the molecule is Cc1ccc(C(=O)NCCCC2CC2)cc1C#CCN. The molecule has 3 N–H and O–H groups in total. The maximum absolute atomic E-state index is 12.1. The van der Waals surface area contributed by atoms with Crippen molar-refractivity contribution in [2.75, 3.05) is 13.1 Å². The van der Waals surface area contributed by atoms with Gasteiger partial charge in [-0.25, -0.2) is 0 Å². The monoisotopic (exact) mass is 270 g/mol. The van der Waals surface area contributed by atoms with E-state index >= 15 is 0 Å². The number of hydrogen-bond donors (Lipinski definition) is 2. The predicted octanol–water partition coefficient (Wildman–Crippen LogP) is 2.23. The number of rotatable bonds is 5. The molecule has 106 valence electrons. The van der Waals surface area contributed by atoms with Crippen LogP contribution in [-0.2, 0) is 0 Å². The third kappa shape index (κ3) is 4.40. The average Bonchev–Trinajstić information content (AvgIpc) is 3.26. The molecule has 0 saturated heterocycles. The summed E-state index contributed by atoms with van der Waals surface area (Å²) in [5.41, 5.74) is 7.99. The fourth-order valence-electron chi connectivity index (χ4n) is 2.15. The number of carbonyl (C=O) groups excluding carboxylic acids is 1. The van der Waals surface area contributed by atoms with E-state index in [0.29, 0.717) is 12.1 Å². The Hall–Kier alpha value is -1.79. The van der Waals surface area contributed by atoms with Crippen LogP contribution in [0.5, 0.6) is 0 Å². The minimum absolute atomic E-state index is 0.0170. The highest BCUT2D eigenvalue weighted by atomic mass is 16.1. The maximum atomic E-state index is 12.1. The lowest BCUT2D eigenvalue weighted by Gasteiger charge is -2.06. The summed E-state index contributed by atoms with van der Waals surface area (Å²) in [6, 6.07) is 5.62. The first-order valence-corrected chi connectivity index (χ1v) is 7.28. The predicted molar refractivity (Wildman–Crippen MR) is 81.4 cm³/mol. The first-order chi connectivity index (χ1) is 9.70. The summed E-state index contributed by atoms with van der Waals surface area (Å²) in [4.78, 5) is 12.1. The van der Waals surface area contributed by atoms with Gasteiger partial charge in [0.2, 0.25) is 0 Å². The summed E-state index contributed by atoms with van der Waals surface area (Å²) in [7, 11) is 0. The zero-order valence-electron chi connectivity index (χ0n) is 12.0. The van der Waals surface area contributed by atoms with Crippen LogP contribution in [0.15, 0.2) is 18.2 Å². The van der Waals surface area contributed by atoms with Gasteiger partial charge in [0, 0.05) is 17.7 Å². The molecule has 3 heteroatoms. The van der Waals surface area contributed by atoms with Gasteiger partial charge in [0.05, 0.1) is 6.54 Å². The second kappa shape index (κ2) is 7.12. The molecule has 1 aromatic carbocycles. The molecule has 2 rings (SSSR count). The number of carbonyl (C=O) groups is 1. The van der Waals surface area contributed by atoms with Crippen molar-refractivity contribution in [1.29, 1.82) is 0 Å². The van der Waals surface area contributed by atoms with Gasteiger partial charge in [-0.15, -0.1) is 0 Å². The third-order valence-corrected chi connectivity index (χ3v) is 3.60. The van der Waals surface area contributed by atoms with Crippen LogP contribution in [-0.4, -0.2) is 19.0 Å². The van der Waals surface area contributed by atoms with E-state index in [1.54, 1.807) is 0 Å². The van der Waals surface area contributed by atoms with Crippen molar-refractivity contribution >= 4 is 5.91 Å². The molecule has 3 nitrogen and oxygen atoms in total. The fourth-order valence-corrected chi connectivity index (χ4v) is 2.15. The standard InChI is InChI=1S/C17H22N2O/c1-13-6-9-16(12-15(13)5-2-10-18)17(20)19-11-3-4-14-7-8-14/h6,9,12,14H,3-4,7-8,10-11,18H2,1H3,(H,19,20). The van der Waals surface area contributed by atoms with Gasteiger partial charge in [0.15, 0.2) is 0 Å². The lowest BCUT2D eigenvalue weighted by Crippen LogP contribution is -2.24. The van der Waals surface area contributed by atoms with Crippen molar-refractivity contribution in [3.63, 3.8) is 0 Å². The number of hydrogen-bond acceptors (Lipinski definition) is 2. The highest BCUT2D eigenvalue weighted by molar-refractivity contribution is 5.94. The van der Waals surface area contributed by atoms with Crippen LogP contribution in [0.1, 0.15) is 47.2 Å². The molecule has 0 spiro atoms. The summed E-state index contributed by atoms with van der Waals surface area (Å²) in [5, 5.41) is 2.97. The van der Waals surface area contributed by atoms with Crippen molar-refractivity contribution < 1.29 is 4.79 Å². The Balaban J connectivity index is 1.90. The lowest BCUT2D eigenvalue weighted by atomic mass is 10.0. The number of amides is 1. The van der Waals surface area contributed by atoms with Gasteiger partial charge >= 0.3 is 0 Å². The molecule has 0 heterocycles. The van der Waals surface area contributed by atoms with Crippen molar-refractivity contribution in [1.82, 2.24) is 5.32 Å². The first kappa shape index (κ1) is 14.6. The number of benzene rings is 1. The largest absolute Gasteiger partial charge is 0.352 e. The van der Waals surface area contributed by atoms with Crippen molar-refractivity contribution in [2.45, 2.75) is 32.6 Å². The van der Waals surface area contributed by atoms with Crippen molar-refractivity contribution in [2.24, 2.45) is 11.7 Å². The average molecular weight is 270 g/mol. The molecular formula is C17H22N2O. The molecule has 1 aromatic rings. The Morgan fingerprint density at radius 1 is 1.45 bits per heavy atom. The van der Waals surface area contributed by atoms with Gasteiger partial charge < -0.3 is 11.1 Å². The van der Waals surface area contributed by atoms with Crippen molar-refractivity contribution in [3.05, 3.63) is 34.9 Å². The highest BCUT2D eigenvalue weighted by Crippen LogP contribution is 2.33. The molecule has 1 aliphatic carbocycles. The van der Waals surface area contributed by atoms with Gasteiger partial charge in [0.1, 0.15) is 0 Å². The van der Waals surface area contributed by atoms with E-state index in [2.05, 4.69) is 17.2 Å². The Morgan fingerprint density at radius 3 is 2.95 bits per heavy atom. The van der Waals surface area contributed by atoms with E-state index in [1.165, 1.54) is 19.3 Å². The Morgan fingerprint density at radius 2 is 2.25 bits per heavy atom. The minimum Gasteiger partial charge on any atom is -0.352 e. The molecule has 1 fully saturated rings.